The lowest BCUT2D eigenvalue weighted by atomic mass is 10.2. The number of rotatable bonds is 4. The van der Waals surface area contributed by atoms with Gasteiger partial charge in [0.05, 0.1) is 6.54 Å². The van der Waals surface area contributed by atoms with Gasteiger partial charge in [0, 0.05) is 30.7 Å². The number of carbonyl (C=O) groups excluding carboxylic acids is 1. The third-order valence-corrected chi connectivity index (χ3v) is 2.49. The molecule has 2 heterocycles. The summed E-state index contributed by atoms with van der Waals surface area (Å²) in [7, 11) is 0. The average molecular weight is 270 g/mol. The largest absolute Gasteiger partial charge is 0.384 e. The standard InChI is InChI=1S/C14H14N4O2/c19-10-1-3-12-4-5-13(16-11-12)14(20)15-7-9-18-8-2-6-17-18/h2,4-6,8,11,19H,7,9-10H2,(H,15,20). The van der Waals surface area contributed by atoms with E-state index in [1.165, 1.54) is 6.20 Å². The molecule has 0 fully saturated rings. The Bertz CT molecular complexity index is 609. The summed E-state index contributed by atoms with van der Waals surface area (Å²) in [4.78, 5) is 15.8. The summed E-state index contributed by atoms with van der Waals surface area (Å²) in [6.45, 7) is 0.892. The van der Waals surface area contributed by atoms with E-state index in [1.807, 2.05) is 12.3 Å². The Labute approximate surface area is 116 Å². The monoisotopic (exact) mass is 270 g/mol. The molecule has 0 saturated heterocycles. The van der Waals surface area contributed by atoms with Gasteiger partial charge in [-0.25, -0.2) is 4.98 Å². The van der Waals surface area contributed by atoms with Gasteiger partial charge in [0.15, 0.2) is 0 Å². The molecule has 0 unspecified atom stereocenters. The van der Waals surface area contributed by atoms with Crippen LogP contribution in [0, 0.1) is 11.8 Å². The molecule has 2 aromatic rings. The van der Waals surface area contributed by atoms with Gasteiger partial charge in [0.25, 0.3) is 5.91 Å². The van der Waals surface area contributed by atoms with Gasteiger partial charge in [-0.2, -0.15) is 5.10 Å². The van der Waals surface area contributed by atoms with Gasteiger partial charge in [0.2, 0.25) is 0 Å². The molecule has 0 aliphatic rings. The number of aromatic nitrogens is 3. The van der Waals surface area contributed by atoms with Crippen LogP contribution in [0.4, 0.5) is 0 Å². The summed E-state index contributed by atoms with van der Waals surface area (Å²) in [6.07, 6.45) is 5.03. The maximum atomic E-state index is 11.8. The number of aliphatic hydroxyl groups excluding tert-OH is 1. The summed E-state index contributed by atoms with van der Waals surface area (Å²) in [5.74, 6) is 5.00. The second-order valence-electron chi connectivity index (χ2n) is 3.92. The molecule has 2 N–H and O–H groups in total. The minimum absolute atomic E-state index is 0.199. The van der Waals surface area contributed by atoms with E-state index in [0.29, 0.717) is 24.3 Å². The highest BCUT2D eigenvalue weighted by molar-refractivity contribution is 5.92. The van der Waals surface area contributed by atoms with E-state index in [9.17, 15) is 4.79 Å². The van der Waals surface area contributed by atoms with Crippen molar-refractivity contribution in [2.24, 2.45) is 0 Å². The predicted octanol–water partition coefficient (Wildman–Crippen LogP) is 0.0519. The fourth-order valence-electron chi connectivity index (χ4n) is 1.55. The predicted molar refractivity (Wildman–Crippen MR) is 72.8 cm³/mol. The van der Waals surface area contributed by atoms with Gasteiger partial charge in [0.1, 0.15) is 12.3 Å². The lowest BCUT2D eigenvalue weighted by molar-refractivity contribution is 0.0947. The number of hydrogen-bond acceptors (Lipinski definition) is 4. The van der Waals surface area contributed by atoms with Gasteiger partial charge in [-0.15, -0.1) is 0 Å². The zero-order valence-electron chi connectivity index (χ0n) is 10.8. The van der Waals surface area contributed by atoms with Gasteiger partial charge in [-0.1, -0.05) is 11.8 Å². The van der Waals surface area contributed by atoms with Crippen molar-refractivity contribution < 1.29 is 9.90 Å². The molecule has 0 aliphatic heterocycles. The second-order valence-corrected chi connectivity index (χ2v) is 3.92. The Morgan fingerprint density at radius 1 is 1.45 bits per heavy atom. The number of aliphatic hydroxyl groups is 1. The maximum Gasteiger partial charge on any atom is 0.269 e. The molecule has 0 radical (unpaired) electrons. The van der Waals surface area contributed by atoms with E-state index < -0.39 is 0 Å². The van der Waals surface area contributed by atoms with Crippen molar-refractivity contribution in [2.45, 2.75) is 6.54 Å². The normalized spacial score (nSPS) is 9.65. The van der Waals surface area contributed by atoms with Crippen molar-refractivity contribution in [1.29, 1.82) is 0 Å². The van der Waals surface area contributed by atoms with Crippen LogP contribution in [0.3, 0.4) is 0 Å². The number of nitrogens with one attached hydrogen (secondary N) is 1. The molecule has 0 atom stereocenters. The molecular formula is C14H14N4O2. The first kappa shape index (κ1) is 13.8. The fraction of sp³-hybridized carbons (Fsp3) is 0.214. The first-order valence-electron chi connectivity index (χ1n) is 6.11. The number of hydrogen-bond donors (Lipinski definition) is 2. The van der Waals surface area contributed by atoms with Crippen LogP contribution >= 0.6 is 0 Å². The van der Waals surface area contributed by atoms with Crippen molar-refractivity contribution >= 4 is 5.91 Å². The van der Waals surface area contributed by atoms with Gasteiger partial charge < -0.3 is 10.4 Å². The molecule has 20 heavy (non-hydrogen) atoms. The summed E-state index contributed by atoms with van der Waals surface area (Å²) in [5, 5.41) is 15.4. The summed E-state index contributed by atoms with van der Waals surface area (Å²) in [6, 6.07) is 5.12. The van der Waals surface area contributed by atoms with Crippen LogP contribution < -0.4 is 5.32 Å². The summed E-state index contributed by atoms with van der Waals surface area (Å²) in [5.41, 5.74) is 0.993. The van der Waals surface area contributed by atoms with E-state index in [2.05, 4.69) is 27.2 Å². The van der Waals surface area contributed by atoms with Crippen LogP contribution in [0.1, 0.15) is 16.1 Å². The SMILES string of the molecule is O=C(NCCn1cccn1)c1ccc(C#CCO)cn1. The van der Waals surface area contributed by atoms with Crippen LogP contribution in [0.15, 0.2) is 36.8 Å². The van der Waals surface area contributed by atoms with Crippen LogP contribution in [-0.2, 0) is 6.54 Å². The highest BCUT2D eigenvalue weighted by Gasteiger charge is 2.05. The maximum absolute atomic E-state index is 11.8. The van der Waals surface area contributed by atoms with Crippen LogP contribution in [0.25, 0.3) is 0 Å². The van der Waals surface area contributed by atoms with Gasteiger partial charge in [-0.05, 0) is 18.2 Å². The highest BCUT2D eigenvalue weighted by Crippen LogP contribution is 1.98. The zero-order valence-corrected chi connectivity index (χ0v) is 10.8. The molecule has 0 aliphatic carbocycles. The Morgan fingerprint density at radius 3 is 3.00 bits per heavy atom. The number of pyridine rings is 1. The topological polar surface area (TPSA) is 80.0 Å². The Morgan fingerprint density at radius 2 is 2.35 bits per heavy atom. The molecule has 0 spiro atoms. The van der Waals surface area contributed by atoms with E-state index >= 15 is 0 Å². The van der Waals surface area contributed by atoms with Crippen molar-refractivity contribution in [3.63, 3.8) is 0 Å². The minimum Gasteiger partial charge on any atom is -0.384 e. The first-order chi connectivity index (χ1) is 9.79. The Kier molecular flexibility index (Phi) is 4.87. The smallest absolute Gasteiger partial charge is 0.269 e. The third kappa shape index (κ3) is 3.93. The fourth-order valence-corrected chi connectivity index (χ4v) is 1.55. The van der Waals surface area contributed by atoms with Gasteiger partial charge in [-0.3, -0.25) is 9.48 Å². The molecule has 2 aromatic heterocycles. The zero-order chi connectivity index (χ0) is 14.2. The van der Waals surface area contributed by atoms with E-state index in [1.54, 1.807) is 23.0 Å². The van der Waals surface area contributed by atoms with Crippen LogP contribution in [-0.4, -0.2) is 38.9 Å². The van der Waals surface area contributed by atoms with Crippen molar-refractivity contribution in [3.05, 3.63) is 48.0 Å². The molecular weight excluding hydrogens is 256 g/mol. The van der Waals surface area contributed by atoms with Gasteiger partial charge >= 0.3 is 0 Å². The quantitative estimate of drug-likeness (QED) is 0.769. The number of nitrogens with zero attached hydrogens (tertiary/aromatic N) is 3. The van der Waals surface area contributed by atoms with Crippen molar-refractivity contribution in [3.8, 4) is 11.8 Å². The van der Waals surface area contributed by atoms with Crippen molar-refractivity contribution in [2.75, 3.05) is 13.2 Å². The number of amides is 1. The molecule has 1 amide bonds. The molecule has 6 nitrogen and oxygen atoms in total. The van der Waals surface area contributed by atoms with Crippen LogP contribution in [0.5, 0.6) is 0 Å². The molecule has 102 valence electrons. The first-order valence-corrected chi connectivity index (χ1v) is 6.11. The van der Waals surface area contributed by atoms with Crippen LogP contribution in [0.2, 0.25) is 0 Å². The number of carbonyl (C=O) groups is 1. The lowest BCUT2D eigenvalue weighted by Gasteiger charge is -2.04. The molecule has 6 heteroatoms. The summed E-state index contributed by atoms with van der Waals surface area (Å²) >= 11 is 0. The van der Waals surface area contributed by atoms with Crippen molar-refractivity contribution in [1.82, 2.24) is 20.1 Å². The van der Waals surface area contributed by atoms with E-state index in [0.717, 1.165) is 0 Å². The highest BCUT2D eigenvalue weighted by atomic mass is 16.2. The molecule has 0 bridgehead atoms. The summed E-state index contributed by atoms with van der Waals surface area (Å²) < 4.78 is 1.74. The second kappa shape index (κ2) is 7.07. The molecule has 2 rings (SSSR count). The lowest BCUT2D eigenvalue weighted by Crippen LogP contribution is -2.28. The Hall–Kier alpha value is -2.65. The molecule has 0 aromatic carbocycles. The minimum atomic E-state index is -0.237. The van der Waals surface area contributed by atoms with E-state index in [-0.39, 0.29) is 12.5 Å². The third-order valence-electron chi connectivity index (χ3n) is 2.49. The van der Waals surface area contributed by atoms with E-state index in [4.69, 9.17) is 5.11 Å². The average Bonchev–Trinajstić information content (AvgIpc) is 2.99. The Balaban J connectivity index is 1.85. The molecule has 0 saturated carbocycles.